The molecule has 1 aliphatic rings. The predicted octanol–water partition coefficient (Wildman–Crippen LogP) is 2.21. The van der Waals surface area contributed by atoms with Crippen molar-refractivity contribution in [1.29, 1.82) is 0 Å². The van der Waals surface area contributed by atoms with E-state index in [4.69, 9.17) is 5.73 Å². The Bertz CT molecular complexity index is 411. The lowest BCUT2D eigenvalue weighted by atomic mass is 9.81. The Kier molecular flexibility index (Phi) is 4.91. The third-order valence-corrected chi connectivity index (χ3v) is 3.93. The zero-order chi connectivity index (χ0) is 13.7. The fourth-order valence-electron chi connectivity index (χ4n) is 2.60. The molecule has 1 aromatic rings. The van der Waals surface area contributed by atoms with Gasteiger partial charge in [0.1, 0.15) is 5.82 Å². The number of halogens is 1. The summed E-state index contributed by atoms with van der Waals surface area (Å²) in [6, 6.07) is 6.21. The van der Waals surface area contributed by atoms with E-state index in [2.05, 4.69) is 5.32 Å². The summed E-state index contributed by atoms with van der Waals surface area (Å²) in [5.74, 6) is 0.555. The van der Waals surface area contributed by atoms with Gasteiger partial charge in [0.05, 0.1) is 0 Å². The second-order valence-electron chi connectivity index (χ2n) is 5.30. The average Bonchev–Trinajstić information content (AvgIpc) is 2.46. The number of hydrogen-bond acceptors (Lipinski definition) is 2. The second kappa shape index (κ2) is 6.66. The van der Waals surface area contributed by atoms with E-state index in [0.717, 1.165) is 37.8 Å². The fraction of sp³-hybridized carbons (Fsp3) is 0.533. The van der Waals surface area contributed by atoms with Crippen molar-refractivity contribution in [2.24, 2.45) is 17.6 Å². The van der Waals surface area contributed by atoms with E-state index < -0.39 is 0 Å². The van der Waals surface area contributed by atoms with Gasteiger partial charge in [0.25, 0.3) is 0 Å². The molecule has 0 bridgehead atoms. The van der Waals surface area contributed by atoms with E-state index in [9.17, 15) is 9.18 Å². The molecule has 0 saturated heterocycles. The van der Waals surface area contributed by atoms with Crippen LogP contribution in [0.3, 0.4) is 0 Å². The van der Waals surface area contributed by atoms with Crippen LogP contribution < -0.4 is 11.1 Å². The zero-order valence-corrected chi connectivity index (χ0v) is 11.1. The van der Waals surface area contributed by atoms with Crippen LogP contribution >= 0.6 is 0 Å². The summed E-state index contributed by atoms with van der Waals surface area (Å²) < 4.78 is 12.7. The van der Waals surface area contributed by atoms with Gasteiger partial charge in [0.15, 0.2) is 0 Å². The van der Waals surface area contributed by atoms with Gasteiger partial charge >= 0.3 is 0 Å². The molecule has 1 amide bonds. The van der Waals surface area contributed by atoms with Gasteiger partial charge < -0.3 is 11.1 Å². The largest absolute Gasteiger partial charge is 0.352 e. The molecular formula is C15H21FN2O. The summed E-state index contributed by atoms with van der Waals surface area (Å²) in [6.45, 7) is 1.19. The van der Waals surface area contributed by atoms with Crippen molar-refractivity contribution in [2.45, 2.75) is 32.2 Å². The van der Waals surface area contributed by atoms with E-state index in [1.54, 1.807) is 12.1 Å². The molecule has 19 heavy (non-hydrogen) atoms. The summed E-state index contributed by atoms with van der Waals surface area (Å²) in [5.41, 5.74) is 6.56. The zero-order valence-electron chi connectivity index (χ0n) is 11.1. The first kappa shape index (κ1) is 14.0. The van der Waals surface area contributed by atoms with Crippen LogP contribution in [0.25, 0.3) is 0 Å². The minimum Gasteiger partial charge on any atom is -0.352 e. The van der Waals surface area contributed by atoms with Crippen LogP contribution in [0.1, 0.15) is 31.2 Å². The van der Waals surface area contributed by atoms with Gasteiger partial charge in [-0.25, -0.2) is 4.39 Å². The minimum absolute atomic E-state index is 0.111. The lowest BCUT2D eigenvalue weighted by Crippen LogP contribution is -2.33. The number of carbonyl (C=O) groups is 1. The molecule has 2 rings (SSSR count). The third-order valence-electron chi connectivity index (χ3n) is 3.93. The van der Waals surface area contributed by atoms with E-state index in [0.29, 0.717) is 12.5 Å². The summed E-state index contributed by atoms with van der Waals surface area (Å²) >= 11 is 0. The molecule has 3 N–H and O–H groups in total. The van der Waals surface area contributed by atoms with Crippen LogP contribution in [0.2, 0.25) is 0 Å². The Hall–Kier alpha value is -1.42. The molecule has 0 spiro atoms. The Morgan fingerprint density at radius 2 is 1.84 bits per heavy atom. The Morgan fingerprint density at radius 3 is 2.42 bits per heavy atom. The van der Waals surface area contributed by atoms with Crippen LogP contribution in [-0.4, -0.2) is 12.5 Å². The molecule has 0 aliphatic heterocycles. The predicted molar refractivity (Wildman–Crippen MR) is 72.7 cm³/mol. The molecule has 0 unspecified atom stereocenters. The molecular weight excluding hydrogens is 243 g/mol. The van der Waals surface area contributed by atoms with Crippen molar-refractivity contribution < 1.29 is 9.18 Å². The van der Waals surface area contributed by atoms with Crippen LogP contribution in [0.5, 0.6) is 0 Å². The van der Waals surface area contributed by atoms with Gasteiger partial charge in [0.2, 0.25) is 5.91 Å². The Balaban J connectivity index is 1.77. The van der Waals surface area contributed by atoms with Gasteiger partial charge in [-0.1, -0.05) is 12.1 Å². The normalized spacial score (nSPS) is 23.1. The maximum absolute atomic E-state index is 12.7. The lowest BCUT2D eigenvalue weighted by molar-refractivity contribution is -0.126. The number of hydrogen-bond donors (Lipinski definition) is 2. The summed E-state index contributed by atoms with van der Waals surface area (Å²) in [7, 11) is 0. The van der Waals surface area contributed by atoms with Crippen LogP contribution in [0, 0.1) is 17.7 Å². The first-order chi connectivity index (χ1) is 9.19. The van der Waals surface area contributed by atoms with Crippen molar-refractivity contribution in [2.75, 3.05) is 6.54 Å². The number of nitrogens with two attached hydrogens (primary N) is 1. The standard InChI is InChI=1S/C15H21FN2O/c16-14-7-3-12(4-8-14)10-18-15(19)13-5-1-11(9-17)2-6-13/h3-4,7-8,11,13H,1-2,5-6,9-10,17H2,(H,18,19). The average molecular weight is 264 g/mol. The smallest absolute Gasteiger partial charge is 0.223 e. The summed E-state index contributed by atoms with van der Waals surface area (Å²) in [5, 5.41) is 2.93. The van der Waals surface area contributed by atoms with Crippen molar-refractivity contribution in [3.63, 3.8) is 0 Å². The summed E-state index contributed by atoms with van der Waals surface area (Å²) in [6.07, 6.45) is 3.95. The topological polar surface area (TPSA) is 55.1 Å². The van der Waals surface area contributed by atoms with Gasteiger partial charge in [0, 0.05) is 12.5 Å². The molecule has 0 atom stereocenters. The van der Waals surface area contributed by atoms with Gasteiger partial charge in [-0.15, -0.1) is 0 Å². The van der Waals surface area contributed by atoms with Crippen molar-refractivity contribution in [3.8, 4) is 0 Å². The molecule has 4 heteroatoms. The maximum atomic E-state index is 12.7. The van der Waals surface area contributed by atoms with E-state index in [1.807, 2.05) is 0 Å². The molecule has 0 heterocycles. The van der Waals surface area contributed by atoms with E-state index in [1.165, 1.54) is 12.1 Å². The van der Waals surface area contributed by atoms with Crippen LogP contribution in [0.4, 0.5) is 4.39 Å². The van der Waals surface area contributed by atoms with Crippen molar-refractivity contribution in [1.82, 2.24) is 5.32 Å². The Morgan fingerprint density at radius 1 is 1.21 bits per heavy atom. The highest BCUT2D eigenvalue weighted by atomic mass is 19.1. The quantitative estimate of drug-likeness (QED) is 0.876. The van der Waals surface area contributed by atoms with Gasteiger partial charge in [-0.3, -0.25) is 4.79 Å². The monoisotopic (exact) mass is 264 g/mol. The molecule has 1 fully saturated rings. The fourth-order valence-corrected chi connectivity index (χ4v) is 2.60. The van der Waals surface area contributed by atoms with E-state index >= 15 is 0 Å². The molecule has 1 aliphatic carbocycles. The van der Waals surface area contributed by atoms with Gasteiger partial charge in [-0.05, 0) is 55.8 Å². The summed E-state index contributed by atoms with van der Waals surface area (Å²) in [4.78, 5) is 12.0. The minimum atomic E-state index is -0.254. The highest BCUT2D eigenvalue weighted by Gasteiger charge is 2.25. The SMILES string of the molecule is NCC1CCC(C(=O)NCc2ccc(F)cc2)CC1. The molecule has 1 aromatic carbocycles. The van der Waals surface area contributed by atoms with E-state index in [-0.39, 0.29) is 17.6 Å². The molecule has 3 nitrogen and oxygen atoms in total. The highest BCUT2D eigenvalue weighted by molar-refractivity contribution is 5.78. The molecule has 104 valence electrons. The third kappa shape index (κ3) is 4.03. The second-order valence-corrected chi connectivity index (χ2v) is 5.30. The number of benzene rings is 1. The Labute approximate surface area is 113 Å². The van der Waals surface area contributed by atoms with Crippen LogP contribution in [-0.2, 0) is 11.3 Å². The molecule has 0 radical (unpaired) electrons. The van der Waals surface area contributed by atoms with Gasteiger partial charge in [-0.2, -0.15) is 0 Å². The molecule has 0 aromatic heterocycles. The lowest BCUT2D eigenvalue weighted by Gasteiger charge is -2.26. The number of nitrogens with one attached hydrogen (secondary N) is 1. The first-order valence-corrected chi connectivity index (χ1v) is 6.91. The number of amides is 1. The number of carbonyl (C=O) groups excluding carboxylic acids is 1. The first-order valence-electron chi connectivity index (χ1n) is 6.91. The number of rotatable bonds is 4. The highest BCUT2D eigenvalue weighted by Crippen LogP contribution is 2.28. The van der Waals surface area contributed by atoms with Crippen molar-refractivity contribution >= 4 is 5.91 Å². The van der Waals surface area contributed by atoms with Crippen molar-refractivity contribution in [3.05, 3.63) is 35.6 Å². The van der Waals surface area contributed by atoms with Crippen LogP contribution in [0.15, 0.2) is 24.3 Å². The molecule has 1 saturated carbocycles. The maximum Gasteiger partial charge on any atom is 0.223 e.